The molecular weight excluding hydrogens is 388 g/mol. The number of allylic oxidation sites excluding steroid dienone is 3. The molecular formula is C25H25N4O2+. The fourth-order valence-electron chi connectivity index (χ4n) is 3.54. The third-order valence-corrected chi connectivity index (χ3v) is 5.07. The fourth-order valence-corrected chi connectivity index (χ4v) is 3.54. The van der Waals surface area contributed by atoms with Crippen molar-refractivity contribution in [2.45, 2.75) is 19.4 Å². The number of aliphatic hydroxyl groups is 1. The van der Waals surface area contributed by atoms with Crippen LogP contribution >= 0.6 is 0 Å². The number of nitrogens with zero attached hydrogens (tertiary/aromatic N) is 1. The van der Waals surface area contributed by atoms with Crippen LogP contribution in [0, 0.1) is 0 Å². The Morgan fingerprint density at radius 2 is 1.87 bits per heavy atom. The minimum atomic E-state index is -0.0507. The Hall–Kier alpha value is -3.90. The van der Waals surface area contributed by atoms with Crippen LogP contribution < -0.4 is 21.6 Å². The molecule has 0 amide bonds. The lowest BCUT2D eigenvalue weighted by molar-refractivity contribution is -0.114. The van der Waals surface area contributed by atoms with Crippen molar-refractivity contribution in [1.29, 1.82) is 0 Å². The van der Waals surface area contributed by atoms with Crippen LogP contribution in [0.1, 0.15) is 24.0 Å². The predicted molar refractivity (Wildman–Crippen MR) is 123 cm³/mol. The zero-order valence-electron chi connectivity index (χ0n) is 17.1. The van der Waals surface area contributed by atoms with E-state index in [1.165, 1.54) is 0 Å². The molecule has 31 heavy (non-hydrogen) atoms. The van der Waals surface area contributed by atoms with Gasteiger partial charge in [-0.3, -0.25) is 11.1 Å². The maximum absolute atomic E-state index is 9.46. The molecule has 3 aromatic rings. The van der Waals surface area contributed by atoms with Crippen molar-refractivity contribution in [1.82, 2.24) is 4.98 Å². The molecule has 1 heterocycles. The number of pyridine rings is 1. The second-order valence-corrected chi connectivity index (χ2v) is 7.35. The van der Waals surface area contributed by atoms with Gasteiger partial charge in [-0.05, 0) is 67.0 Å². The molecule has 0 radical (unpaired) electrons. The molecule has 6 nitrogen and oxygen atoms in total. The van der Waals surface area contributed by atoms with Gasteiger partial charge in [0.15, 0.2) is 0 Å². The number of nitrogens with two attached hydrogens (primary N) is 3. The molecule has 1 aliphatic carbocycles. The molecule has 0 saturated carbocycles. The Bertz CT molecular complexity index is 1180. The topological polar surface area (TPSA) is 120 Å². The van der Waals surface area contributed by atoms with Crippen LogP contribution in [0.4, 0.5) is 5.69 Å². The van der Waals surface area contributed by atoms with Gasteiger partial charge >= 0.3 is 0 Å². The number of hydrogen-bond donors (Lipinski definition) is 4. The Morgan fingerprint density at radius 1 is 1.06 bits per heavy atom. The normalized spacial score (nSPS) is 13.0. The van der Waals surface area contributed by atoms with Gasteiger partial charge in [0.2, 0.25) is 0 Å². The highest BCUT2D eigenvalue weighted by Gasteiger charge is 2.19. The molecule has 1 aliphatic rings. The number of benzene rings is 2. The van der Waals surface area contributed by atoms with E-state index in [1.54, 1.807) is 6.07 Å². The lowest BCUT2D eigenvalue weighted by Gasteiger charge is -2.13. The van der Waals surface area contributed by atoms with Crippen LogP contribution in [-0.2, 0) is 6.61 Å². The Morgan fingerprint density at radius 3 is 2.55 bits per heavy atom. The predicted octanol–water partition coefficient (Wildman–Crippen LogP) is 2.57. The van der Waals surface area contributed by atoms with Crippen molar-refractivity contribution < 1.29 is 15.3 Å². The molecule has 6 heteroatoms. The quantitative estimate of drug-likeness (QED) is 0.366. The summed E-state index contributed by atoms with van der Waals surface area (Å²) in [5, 5.41) is 15.4. The van der Waals surface area contributed by atoms with Crippen molar-refractivity contribution in [2.24, 2.45) is 5.73 Å². The third-order valence-electron chi connectivity index (χ3n) is 5.07. The Kier molecular flexibility index (Phi) is 5.82. The summed E-state index contributed by atoms with van der Waals surface area (Å²) in [6.07, 6.45) is 8.16. The number of hydrogen-bond acceptors (Lipinski definition) is 4. The van der Waals surface area contributed by atoms with Gasteiger partial charge in [0.05, 0.1) is 23.7 Å². The van der Waals surface area contributed by atoms with Gasteiger partial charge in [0.1, 0.15) is 17.1 Å². The van der Waals surface area contributed by atoms with Gasteiger partial charge in [0.25, 0.3) is 5.84 Å². The molecule has 2 aromatic carbocycles. The molecule has 1 aromatic heterocycles. The Balaban J connectivity index is 1.73. The van der Waals surface area contributed by atoms with Crippen LogP contribution in [0.25, 0.3) is 22.5 Å². The molecule has 0 spiro atoms. The molecule has 0 aliphatic heterocycles. The molecule has 0 bridgehead atoms. The summed E-state index contributed by atoms with van der Waals surface area (Å²) in [6, 6.07) is 16.8. The van der Waals surface area contributed by atoms with Crippen molar-refractivity contribution in [3.05, 3.63) is 89.7 Å². The molecule has 4 rings (SSSR count). The standard InChI is InChI=1S/C25H24N4O2/c26-21-14-22(18-6-4-5-16(13-18)15-30)29-24(23(21)25(27)28)17-9-11-20(12-10-17)31-19-7-2-1-3-8-19/h2,4-14,30H,1,3,15H2,(H2,26,29)(H3,27,28)/p+1. The van der Waals surface area contributed by atoms with E-state index in [1.807, 2.05) is 54.6 Å². The summed E-state index contributed by atoms with van der Waals surface area (Å²) in [5.74, 6) is 1.67. The van der Waals surface area contributed by atoms with Crippen LogP contribution in [-0.4, -0.2) is 15.9 Å². The lowest BCUT2D eigenvalue weighted by atomic mass is 10.00. The number of aromatic nitrogens is 1. The van der Waals surface area contributed by atoms with E-state index >= 15 is 0 Å². The number of anilines is 1. The molecule has 0 fully saturated rings. The summed E-state index contributed by atoms with van der Waals surface area (Å²) in [5.41, 5.74) is 16.9. The summed E-state index contributed by atoms with van der Waals surface area (Å²) < 4.78 is 5.92. The molecule has 0 atom stereocenters. The number of aliphatic hydroxyl groups excluding tert-OH is 1. The number of amidine groups is 1. The monoisotopic (exact) mass is 413 g/mol. The fraction of sp³-hybridized carbons (Fsp3) is 0.120. The summed E-state index contributed by atoms with van der Waals surface area (Å²) >= 11 is 0. The largest absolute Gasteiger partial charge is 0.458 e. The van der Waals surface area contributed by atoms with Crippen molar-refractivity contribution >= 4 is 11.5 Å². The zero-order chi connectivity index (χ0) is 21.8. The van der Waals surface area contributed by atoms with E-state index in [-0.39, 0.29) is 12.4 Å². The molecule has 7 N–H and O–H groups in total. The highest BCUT2D eigenvalue weighted by molar-refractivity contribution is 6.04. The number of nitrogen functional groups attached to an aromatic ring is 1. The first kappa shape index (κ1) is 20.4. The first-order valence-corrected chi connectivity index (χ1v) is 10.1. The minimum absolute atomic E-state index is 0.0507. The van der Waals surface area contributed by atoms with E-state index < -0.39 is 0 Å². The van der Waals surface area contributed by atoms with Gasteiger partial charge in [0, 0.05) is 11.1 Å². The van der Waals surface area contributed by atoms with Gasteiger partial charge in [-0.15, -0.1) is 0 Å². The highest BCUT2D eigenvalue weighted by atomic mass is 16.5. The van der Waals surface area contributed by atoms with E-state index in [2.05, 4.69) is 12.2 Å². The first-order valence-electron chi connectivity index (χ1n) is 10.1. The SMILES string of the molecule is NC(=[NH2+])c1c(N)cc(-c2cccc(CO)c2)nc1-c1ccc(OC2=CCCC=C2)cc1. The highest BCUT2D eigenvalue weighted by Crippen LogP contribution is 2.32. The molecule has 156 valence electrons. The van der Waals surface area contributed by atoms with Crippen molar-refractivity contribution in [3.8, 4) is 28.3 Å². The summed E-state index contributed by atoms with van der Waals surface area (Å²) in [6.45, 7) is -0.0507. The van der Waals surface area contributed by atoms with E-state index in [0.717, 1.165) is 41.0 Å². The van der Waals surface area contributed by atoms with E-state index in [9.17, 15) is 5.11 Å². The van der Waals surface area contributed by atoms with Crippen molar-refractivity contribution in [2.75, 3.05) is 5.73 Å². The Labute approximate surface area is 181 Å². The summed E-state index contributed by atoms with van der Waals surface area (Å²) in [4.78, 5) is 4.81. The van der Waals surface area contributed by atoms with Gasteiger partial charge in [-0.2, -0.15) is 0 Å². The average molecular weight is 414 g/mol. The van der Waals surface area contributed by atoms with Crippen LogP contribution in [0.15, 0.2) is 78.6 Å². The third kappa shape index (κ3) is 4.49. The van der Waals surface area contributed by atoms with Gasteiger partial charge in [-0.1, -0.05) is 24.3 Å². The van der Waals surface area contributed by atoms with E-state index in [4.69, 9.17) is 26.6 Å². The van der Waals surface area contributed by atoms with Crippen LogP contribution in [0.5, 0.6) is 5.75 Å². The zero-order valence-corrected chi connectivity index (χ0v) is 17.1. The smallest absolute Gasteiger partial charge is 0.275 e. The average Bonchev–Trinajstić information content (AvgIpc) is 2.79. The maximum atomic E-state index is 9.46. The van der Waals surface area contributed by atoms with E-state index in [0.29, 0.717) is 22.6 Å². The second kappa shape index (κ2) is 8.85. The number of ether oxygens (including phenoxy) is 1. The lowest BCUT2D eigenvalue weighted by Crippen LogP contribution is -2.47. The maximum Gasteiger partial charge on any atom is 0.275 e. The van der Waals surface area contributed by atoms with Gasteiger partial charge < -0.3 is 15.6 Å². The van der Waals surface area contributed by atoms with Crippen molar-refractivity contribution in [3.63, 3.8) is 0 Å². The number of rotatable bonds is 6. The molecule has 0 saturated heterocycles. The van der Waals surface area contributed by atoms with Crippen LogP contribution in [0.2, 0.25) is 0 Å². The minimum Gasteiger partial charge on any atom is -0.458 e. The van der Waals surface area contributed by atoms with Crippen LogP contribution in [0.3, 0.4) is 0 Å². The summed E-state index contributed by atoms with van der Waals surface area (Å²) in [7, 11) is 0. The molecule has 0 unspecified atom stereocenters. The van der Waals surface area contributed by atoms with Gasteiger partial charge in [-0.25, -0.2) is 4.98 Å². The second-order valence-electron chi connectivity index (χ2n) is 7.35. The first-order chi connectivity index (χ1) is 15.0.